The maximum absolute atomic E-state index is 13.1. The molecule has 1 saturated carbocycles. The summed E-state index contributed by atoms with van der Waals surface area (Å²) < 4.78 is 24.3. The van der Waals surface area contributed by atoms with E-state index in [1.165, 1.54) is 24.3 Å². The highest BCUT2D eigenvalue weighted by molar-refractivity contribution is 5.84. The maximum Gasteiger partial charge on any atom is 0.305 e. The van der Waals surface area contributed by atoms with Gasteiger partial charge in [0.05, 0.1) is 12.5 Å². The van der Waals surface area contributed by atoms with Gasteiger partial charge in [-0.3, -0.25) is 9.59 Å². The molecule has 3 atom stereocenters. The summed E-state index contributed by atoms with van der Waals surface area (Å²) >= 11 is 0. The Labute approximate surface area is 161 Å². The Bertz CT molecular complexity index is 898. The SMILES string of the molecule is O=C(O)C[C@H](NC(=O)[C@@H]1C[C@@H]1c1ccc2c(c1)OCCO2)c1ccc(F)cc1. The van der Waals surface area contributed by atoms with Gasteiger partial charge in [-0.25, -0.2) is 4.39 Å². The molecule has 28 heavy (non-hydrogen) atoms. The molecule has 2 aliphatic rings. The van der Waals surface area contributed by atoms with Gasteiger partial charge in [0.1, 0.15) is 19.0 Å². The molecule has 1 amide bonds. The first-order chi connectivity index (χ1) is 13.5. The molecular formula is C21H20FNO5. The molecule has 0 radical (unpaired) electrons. The first-order valence-electron chi connectivity index (χ1n) is 9.18. The van der Waals surface area contributed by atoms with Crippen LogP contribution in [-0.2, 0) is 9.59 Å². The van der Waals surface area contributed by atoms with Crippen LogP contribution < -0.4 is 14.8 Å². The monoisotopic (exact) mass is 385 g/mol. The highest BCUT2D eigenvalue weighted by Gasteiger charge is 2.45. The number of benzene rings is 2. The minimum atomic E-state index is -1.03. The molecule has 6 nitrogen and oxygen atoms in total. The second-order valence-corrected chi connectivity index (χ2v) is 7.06. The first kappa shape index (κ1) is 18.3. The van der Waals surface area contributed by atoms with E-state index in [9.17, 15) is 14.0 Å². The minimum Gasteiger partial charge on any atom is -0.486 e. The predicted octanol–water partition coefficient (Wildman–Crippen LogP) is 3.03. The van der Waals surface area contributed by atoms with E-state index in [1.54, 1.807) is 0 Å². The lowest BCUT2D eigenvalue weighted by molar-refractivity contribution is -0.137. The molecule has 0 unspecified atom stereocenters. The highest BCUT2D eigenvalue weighted by atomic mass is 19.1. The number of hydrogen-bond donors (Lipinski definition) is 2. The second kappa shape index (κ2) is 7.50. The molecule has 2 N–H and O–H groups in total. The van der Waals surface area contributed by atoms with Gasteiger partial charge in [0.15, 0.2) is 11.5 Å². The van der Waals surface area contributed by atoms with Gasteiger partial charge < -0.3 is 19.9 Å². The number of amides is 1. The van der Waals surface area contributed by atoms with Gasteiger partial charge in [-0.2, -0.15) is 0 Å². The summed E-state index contributed by atoms with van der Waals surface area (Å²) in [4.78, 5) is 23.9. The minimum absolute atomic E-state index is 0.0644. The molecule has 1 aliphatic carbocycles. The Hall–Kier alpha value is -3.09. The Morgan fingerprint density at radius 2 is 1.82 bits per heavy atom. The molecule has 1 fully saturated rings. The fourth-order valence-corrected chi connectivity index (χ4v) is 3.54. The number of carboxylic acid groups (broad SMARTS) is 1. The lowest BCUT2D eigenvalue weighted by Crippen LogP contribution is -2.31. The van der Waals surface area contributed by atoms with E-state index < -0.39 is 17.8 Å². The van der Waals surface area contributed by atoms with E-state index in [1.807, 2.05) is 18.2 Å². The van der Waals surface area contributed by atoms with Crippen molar-refractivity contribution >= 4 is 11.9 Å². The normalized spacial score (nSPS) is 20.9. The standard InChI is InChI=1S/C21H20FNO5/c22-14-4-1-12(2-5-14)17(11-20(24)25)23-21(26)16-10-15(16)13-3-6-18-19(9-13)28-8-7-27-18/h1-6,9,15-17H,7-8,10-11H2,(H,23,26)(H,24,25)/t15-,16-,17+/m1/s1. The van der Waals surface area contributed by atoms with Crippen molar-refractivity contribution in [2.24, 2.45) is 5.92 Å². The lowest BCUT2D eigenvalue weighted by atomic mass is 10.0. The summed E-state index contributed by atoms with van der Waals surface area (Å²) in [7, 11) is 0. The number of hydrogen-bond acceptors (Lipinski definition) is 4. The molecule has 1 heterocycles. The quantitative estimate of drug-likeness (QED) is 0.799. The summed E-state index contributed by atoms with van der Waals surface area (Å²) in [6, 6.07) is 10.5. The van der Waals surface area contributed by atoms with E-state index in [4.69, 9.17) is 14.6 Å². The van der Waals surface area contributed by atoms with Crippen molar-refractivity contribution in [2.75, 3.05) is 13.2 Å². The molecule has 7 heteroatoms. The van der Waals surface area contributed by atoms with Crippen LogP contribution in [0.4, 0.5) is 4.39 Å². The van der Waals surface area contributed by atoms with E-state index in [2.05, 4.69) is 5.32 Å². The number of rotatable bonds is 6. The Morgan fingerprint density at radius 1 is 1.11 bits per heavy atom. The van der Waals surface area contributed by atoms with Gasteiger partial charge in [-0.1, -0.05) is 18.2 Å². The van der Waals surface area contributed by atoms with Crippen LogP contribution in [0.3, 0.4) is 0 Å². The fourth-order valence-electron chi connectivity index (χ4n) is 3.54. The van der Waals surface area contributed by atoms with Crippen LogP contribution in [-0.4, -0.2) is 30.2 Å². The molecular weight excluding hydrogens is 365 g/mol. The summed E-state index contributed by atoms with van der Waals surface area (Å²) in [6.07, 6.45) is 0.424. The maximum atomic E-state index is 13.1. The third-order valence-corrected chi connectivity index (χ3v) is 5.09. The van der Waals surface area contributed by atoms with Crippen LogP contribution in [0.25, 0.3) is 0 Å². The van der Waals surface area contributed by atoms with E-state index in [-0.39, 0.29) is 24.2 Å². The van der Waals surface area contributed by atoms with E-state index in [0.717, 1.165) is 5.56 Å². The number of ether oxygens (including phenoxy) is 2. The summed E-state index contributed by atoms with van der Waals surface area (Å²) in [5.74, 6) is -0.414. The van der Waals surface area contributed by atoms with Crippen LogP contribution in [0.5, 0.6) is 11.5 Å². The third-order valence-electron chi connectivity index (χ3n) is 5.09. The Morgan fingerprint density at radius 3 is 2.54 bits per heavy atom. The van der Waals surface area contributed by atoms with Crippen molar-refractivity contribution in [1.29, 1.82) is 0 Å². The average Bonchev–Trinajstić information content (AvgIpc) is 3.48. The number of carbonyl (C=O) groups is 2. The summed E-state index contributed by atoms with van der Waals surface area (Å²) in [5.41, 5.74) is 1.56. The van der Waals surface area contributed by atoms with Crippen molar-refractivity contribution in [1.82, 2.24) is 5.32 Å². The van der Waals surface area contributed by atoms with Crippen molar-refractivity contribution in [3.8, 4) is 11.5 Å². The van der Waals surface area contributed by atoms with E-state index in [0.29, 0.717) is 36.7 Å². The molecule has 146 valence electrons. The highest BCUT2D eigenvalue weighted by Crippen LogP contribution is 2.49. The van der Waals surface area contributed by atoms with Gasteiger partial charge in [0.2, 0.25) is 5.91 Å². The molecule has 1 aliphatic heterocycles. The number of fused-ring (bicyclic) bond motifs is 1. The third kappa shape index (κ3) is 3.93. The molecule has 0 bridgehead atoms. The molecule has 0 spiro atoms. The number of aliphatic carboxylic acids is 1. The van der Waals surface area contributed by atoms with Crippen molar-refractivity contribution in [2.45, 2.75) is 24.8 Å². The van der Waals surface area contributed by atoms with Crippen LogP contribution in [0.1, 0.15) is 35.9 Å². The van der Waals surface area contributed by atoms with Gasteiger partial charge in [0, 0.05) is 5.92 Å². The molecule has 4 rings (SSSR count). The predicted molar refractivity (Wildman–Crippen MR) is 97.8 cm³/mol. The number of nitrogens with one attached hydrogen (secondary N) is 1. The Kier molecular flexibility index (Phi) is 4.90. The van der Waals surface area contributed by atoms with Gasteiger partial charge in [-0.05, 0) is 47.7 Å². The molecule has 0 saturated heterocycles. The van der Waals surface area contributed by atoms with Crippen LogP contribution in [0.15, 0.2) is 42.5 Å². The van der Waals surface area contributed by atoms with Crippen molar-refractivity contribution < 1.29 is 28.6 Å². The zero-order valence-corrected chi connectivity index (χ0v) is 15.1. The van der Waals surface area contributed by atoms with Crippen molar-refractivity contribution in [3.05, 3.63) is 59.4 Å². The summed E-state index contributed by atoms with van der Waals surface area (Å²) in [5, 5.41) is 12.0. The van der Waals surface area contributed by atoms with Gasteiger partial charge >= 0.3 is 5.97 Å². The van der Waals surface area contributed by atoms with Crippen LogP contribution in [0.2, 0.25) is 0 Å². The topological polar surface area (TPSA) is 84.9 Å². The lowest BCUT2D eigenvalue weighted by Gasteiger charge is -2.19. The molecule has 2 aromatic rings. The van der Waals surface area contributed by atoms with Gasteiger partial charge in [-0.15, -0.1) is 0 Å². The second-order valence-electron chi connectivity index (χ2n) is 7.06. The van der Waals surface area contributed by atoms with Crippen LogP contribution >= 0.6 is 0 Å². The zero-order valence-electron chi connectivity index (χ0n) is 15.1. The molecule has 0 aromatic heterocycles. The number of carbonyl (C=O) groups excluding carboxylic acids is 1. The first-order valence-corrected chi connectivity index (χ1v) is 9.18. The van der Waals surface area contributed by atoms with Crippen LogP contribution in [0, 0.1) is 11.7 Å². The number of halogens is 1. The molecule has 2 aromatic carbocycles. The van der Waals surface area contributed by atoms with Crippen molar-refractivity contribution in [3.63, 3.8) is 0 Å². The average molecular weight is 385 g/mol. The fraction of sp³-hybridized carbons (Fsp3) is 0.333. The smallest absolute Gasteiger partial charge is 0.305 e. The Balaban J connectivity index is 1.44. The number of carboxylic acids is 1. The zero-order chi connectivity index (χ0) is 19.7. The van der Waals surface area contributed by atoms with Gasteiger partial charge in [0.25, 0.3) is 0 Å². The van der Waals surface area contributed by atoms with E-state index >= 15 is 0 Å². The largest absolute Gasteiger partial charge is 0.486 e. The summed E-state index contributed by atoms with van der Waals surface area (Å²) in [6.45, 7) is 1.02.